The van der Waals surface area contributed by atoms with E-state index in [9.17, 15) is 14.9 Å². The molecule has 0 saturated carbocycles. The fourth-order valence-electron chi connectivity index (χ4n) is 2.84. The Morgan fingerprint density at radius 1 is 1.33 bits per heavy atom. The second-order valence-electron chi connectivity index (χ2n) is 6.59. The van der Waals surface area contributed by atoms with Crippen LogP contribution in [0.25, 0.3) is 10.2 Å². The van der Waals surface area contributed by atoms with Gasteiger partial charge in [0, 0.05) is 17.0 Å². The van der Waals surface area contributed by atoms with Crippen molar-refractivity contribution in [2.45, 2.75) is 40.2 Å². The first-order chi connectivity index (χ1) is 12.9. The zero-order valence-corrected chi connectivity index (χ0v) is 16.3. The predicted octanol–water partition coefficient (Wildman–Crippen LogP) is 4.37. The smallest absolute Gasteiger partial charge is 0.269 e. The summed E-state index contributed by atoms with van der Waals surface area (Å²) in [6.45, 7) is 6.43. The number of H-pyrrole nitrogens is 1. The van der Waals surface area contributed by atoms with E-state index < -0.39 is 4.92 Å². The van der Waals surface area contributed by atoms with E-state index in [1.165, 1.54) is 35.6 Å². The van der Waals surface area contributed by atoms with E-state index in [1.54, 1.807) is 0 Å². The molecule has 0 fully saturated rings. The van der Waals surface area contributed by atoms with E-state index in [1.807, 2.05) is 6.92 Å². The molecule has 0 amide bonds. The number of non-ortho nitro benzene ring substituents is 1. The molecule has 0 bridgehead atoms. The van der Waals surface area contributed by atoms with E-state index in [0.717, 1.165) is 28.1 Å². The normalized spacial score (nSPS) is 12.3. The average Bonchev–Trinajstić information content (AvgIpc) is 2.95. The molecule has 2 aromatic heterocycles. The minimum absolute atomic E-state index is 0.00167. The Hall–Kier alpha value is -2.74. The number of aryl methyl sites for hydroxylation is 1. The van der Waals surface area contributed by atoms with Crippen molar-refractivity contribution < 1.29 is 9.66 Å². The number of nitro groups is 1. The lowest BCUT2D eigenvalue weighted by Crippen LogP contribution is -2.14. The van der Waals surface area contributed by atoms with Crippen LogP contribution in [0.1, 0.15) is 36.5 Å². The number of benzene rings is 1. The van der Waals surface area contributed by atoms with Crippen LogP contribution in [0, 0.1) is 23.0 Å². The van der Waals surface area contributed by atoms with Gasteiger partial charge in [0.25, 0.3) is 11.2 Å². The summed E-state index contributed by atoms with van der Waals surface area (Å²) in [4.78, 5) is 32.0. The number of aromatic nitrogens is 2. The molecule has 0 saturated heterocycles. The van der Waals surface area contributed by atoms with Gasteiger partial charge in [0.05, 0.1) is 10.3 Å². The molecule has 2 heterocycles. The largest absolute Gasteiger partial charge is 0.486 e. The maximum atomic E-state index is 12.6. The minimum Gasteiger partial charge on any atom is -0.486 e. The molecular weight excluding hydrogens is 366 g/mol. The Bertz CT molecular complexity index is 1020. The van der Waals surface area contributed by atoms with Crippen molar-refractivity contribution in [1.82, 2.24) is 9.97 Å². The van der Waals surface area contributed by atoms with Crippen molar-refractivity contribution in [2.24, 2.45) is 5.92 Å². The number of nitrogens with one attached hydrogen (secondary N) is 1. The van der Waals surface area contributed by atoms with Gasteiger partial charge in [-0.05, 0) is 37.0 Å². The molecular formula is C19H21N3O4S. The van der Waals surface area contributed by atoms with Crippen molar-refractivity contribution in [3.8, 4) is 5.75 Å². The van der Waals surface area contributed by atoms with Crippen LogP contribution in [-0.2, 0) is 13.0 Å². The van der Waals surface area contributed by atoms with Gasteiger partial charge in [0.15, 0.2) is 0 Å². The fraction of sp³-hybridized carbons (Fsp3) is 0.368. The SMILES string of the molecule is CC[C@H](C)Cc1c(C)sc2nc(COc3ccc([N+](=O)[O-])cc3)[nH]c(=O)c12. The monoisotopic (exact) mass is 387 g/mol. The van der Waals surface area contributed by atoms with Crippen LogP contribution >= 0.6 is 11.3 Å². The summed E-state index contributed by atoms with van der Waals surface area (Å²) in [5, 5.41) is 11.4. The number of aromatic amines is 1. The van der Waals surface area contributed by atoms with Crippen molar-refractivity contribution in [1.29, 1.82) is 0 Å². The predicted molar refractivity (Wildman–Crippen MR) is 106 cm³/mol. The van der Waals surface area contributed by atoms with E-state index in [0.29, 0.717) is 22.9 Å². The first-order valence-electron chi connectivity index (χ1n) is 8.77. The van der Waals surface area contributed by atoms with Crippen LogP contribution in [-0.4, -0.2) is 14.9 Å². The molecule has 3 aromatic rings. The fourth-order valence-corrected chi connectivity index (χ4v) is 3.91. The quantitative estimate of drug-likeness (QED) is 0.479. The third kappa shape index (κ3) is 4.16. The highest BCUT2D eigenvalue weighted by Gasteiger charge is 2.17. The Morgan fingerprint density at radius 3 is 2.67 bits per heavy atom. The van der Waals surface area contributed by atoms with Gasteiger partial charge in [0.1, 0.15) is 23.0 Å². The van der Waals surface area contributed by atoms with Crippen molar-refractivity contribution >= 4 is 27.2 Å². The van der Waals surface area contributed by atoms with Crippen molar-refractivity contribution in [3.05, 3.63) is 61.0 Å². The maximum Gasteiger partial charge on any atom is 0.269 e. The van der Waals surface area contributed by atoms with Gasteiger partial charge in [-0.1, -0.05) is 20.3 Å². The molecule has 0 spiro atoms. The Labute approximate surface area is 160 Å². The van der Waals surface area contributed by atoms with Gasteiger partial charge >= 0.3 is 0 Å². The first-order valence-corrected chi connectivity index (χ1v) is 9.59. The first kappa shape index (κ1) is 19.0. The number of thiophene rings is 1. The molecule has 0 aliphatic rings. The van der Waals surface area contributed by atoms with Crippen LogP contribution in [0.4, 0.5) is 5.69 Å². The number of nitrogens with zero attached hydrogens (tertiary/aromatic N) is 2. The third-order valence-corrected chi connectivity index (χ3v) is 5.63. The molecule has 1 aromatic carbocycles. The number of fused-ring (bicyclic) bond motifs is 1. The van der Waals surface area contributed by atoms with Gasteiger partial charge in [-0.15, -0.1) is 11.3 Å². The highest BCUT2D eigenvalue weighted by atomic mass is 32.1. The molecule has 1 atom stereocenters. The summed E-state index contributed by atoms with van der Waals surface area (Å²) in [5.74, 6) is 1.41. The lowest BCUT2D eigenvalue weighted by molar-refractivity contribution is -0.384. The van der Waals surface area contributed by atoms with Crippen molar-refractivity contribution in [2.75, 3.05) is 0 Å². The Morgan fingerprint density at radius 2 is 2.04 bits per heavy atom. The van der Waals surface area contributed by atoms with E-state index in [4.69, 9.17) is 4.74 Å². The van der Waals surface area contributed by atoms with Crippen LogP contribution in [0.2, 0.25) is 0 Å². The number of ether oxygens (including phenoxy) is 1. The van der Waals surface area contributed by atoms with Crippen LogP contribution < -0.4 is 10.3 Å². The van der Waals surface area contributed by atoms with Gasteiger partial charge in [-0.3, -0.25) is 14.9 Å². The highest BCUT2D eigenvalue weighted by Crippen LogP contribution is 2.29. The molecule has 0 aliphatic heterocycles. The zero-order valence-electron chi connectivity index (χ0n) is 15.4. The summed E-state index contributed by atoms with van der Waals surface area (Å²) in [7, 11) is 0. The molecule has 8 heteroatoms. The maximum absolute atomic E-state index is 12.6. The molecule has 0 radical (unpaired) electrons. The lowest BCUT2D eigenvalue weighted by Gasteiger charge is -2.08. The summed E-state index contributed by atoms with van der Waals surface area (Å²) in [6.07, 6.45) is 1.93. The second kappa shape index (κ2) is 7.87. The molecule has 142 valence electrons. The molecule has 3 rings (SSSR count). The average molecular weight is 387 g/mol. The van der Waals surface area contributed by atoms with E-state index in [2.05, 4.69) is 23.8 Å². The lowest BCUT2D eigenvalue weighted by atomic mass is 9.98. The van der Waals surface area contributed by atoms with Gasteiger partial charge in [-0.2, -0.15) is 0 Å². The summed E-state index contributed by atoms with van der Waals surface area (Å²) in [6, 6.07) is 5.79. The third-order valence-electron chi connectivity index (χ3n) is 4.58. The summed E-state index contributed by atoms with van der Waals surface area (Å²) in [5.41, 5.74) is 0.934. The van der Waals surface area contributed by atoms with Crippen LogP contribution in [0.5, 0.6) is 5.75 Å². The highest BCUT2D eigenvalue weighted by molar-refractivity contribution is 7.18. The van der Waals surface area contributed by atoms with E-state index in [-0.39, 0.29) is 17.9 Å². The minimum atomic E-state index is -0.465. The second-order valence-corrected chi connectivity index (χ2v) is 7.79. The van der Waals surface area contributed by atoms with Gasteiger partial charge in [0.2, 0.25) is 0 Å². The summed E-state index contributed by atoms with van der Waals surface area (Å²) >= 11 is 1.52. The number of hydrogen-bond acceptors (Lipinski definition) is 6. The molecule has 0 aliphatic carbocycles. The van der Waals surface area contributed by atoms with Gasteiger partial charge in [-0.25, -0.2) is 4.98 Å². The molecule has 7 nitrogen and oxygen atoms in total. The number of hydrogen-bond donors (Lipinski definition) is 1. The topological polar surface area (TPSA) is 98.1 Å². The zero-order chi connectivity index (χ0) is 19.6. The molecule has 0 unspecified atom stereocenters. The van der Waals surface area contributed by atoms with Gasteiger partial charge < -0.3 is 9.72 Å². The Balaban J connectivity index is 1.82. The number of nitro benzene ring substituents is 1. The van der Waals surface area contributed by atoms with Crippen LogP contribution in [0.3, 0.4) is 0 Å². The van der Waals surface area contributed by atoms with Crippen LogP contribution in [0.15, 0.2) is 29.1 Å². The standard InChI is InChI=1S/C19H21N3O4S/c1-4-11(2)9-15-12(3)27-19-17(15)18(23)20-16(21-19)10-26-14-7-5-13(6-8-14)22(24)25/h5-8,11H,4,9-10H2,1-3H3,(H,20,21,23)/t11-/m0/s1. The summed E-state index contributed by atoms with van der Waals surface area (Å²) < 4.78 is 5.60. The van der Waals surface area contributed by atoms with Crippen molar-refractivity contribution in [3.63, 3.8) is 0 Å². The Kier molecular flexibility index (Phi) is 5.55. The number of rotatable bonds is 7. The molecule has 27 heavy (non-hydrogen) atoms. The van der Waals surface area contributed by atoms with E-state index >= 15 is 0 Å². The molecule has 1 N–H and O–H groups in total.